The quantitative estimate of drug-likeness (QED) is 0.351. The van der Waals surface area contributed by atoms with E-state index in [0.29, 0.717) is 10.2 Å². The van der Waals surface area contributed by atoms with Crippen LogP contribution in [0.25, 0.3) is 0 Å². The van der Waals surface area contributed by atoms with Gasteiger partial charge in [-0.1, -0.05) is 16.8 Å². The van der Waals surface area contributed by atoms with Crippen LogP contribution in [0, 0.1) is 0 Å². The van der Waals surface area contributed by atoms with Gasteiger partial charge in [-0.25, -0.2) is 4.98 Å². The van der Waals surface area contributed by atoms with E-state index < -0.39 is 0 Å². The first-order valence-electron chi connectivity index (χ1n) is 2.73. The van der Waals surface area contributed by atoms with Crippen molar-refractivity contribution in [3.63, 3.8) is 0 Å². The third kappa shape index (κ3) is 2.17. The molecule has 1 aromatic heterocycles. The molecule has 1 heterocycles. The van der Waals surface area contributed by atoms with Crippen LogP contribution in [0.5, 0.6) is 0 Å². The van der Waals surface area contributed by atoms with Gasteiger partial charge in [-0.05, 0) is 28.1 Å². The van der Waals surface area contributed by atoms with Gasteiger partial charge >= 0.3 is 0 Å². The molecule has 0 aliphatic heterocycles. The first-order valence-corrected chi connectivity index (χ1v) is 3.90. The molecule has 5 heteroatoms. The van der Waals surface area contributed by atoms with Gasteiger partial charge < -0.3 is 5.21 Å². The number of hydrogen-bond acceptors (Lipinski definition) is 3. The fraction of sp³-hybridized carbons (Fsp3) is 0. The maximum atomic E-state index is 8.30. The van der Waals surface area contributed by atoms with Crippen LogP contribution >= 0.6 is 27.5 Å². The van der Waals surface area contributed by atoms with E-state index in [1.165, 1.54) is 0 Å². The van der Waals surface area contributed by atoms with Crippen molar-refractivity contribution >= 4 is 32.7 Å². The summed E-state index contributed by atoms with van der Waals surface area (Å²) in [5.41, 5.74) is 0.621. The van der Waals surface area contributed by atoms with Crippen molar-refractivity contribution in [3.8, 4) is 0 Å². The number of rotatable bonds is 1. The maximum absolute atomic E-state index is 8.30. The normalized spacial score (nSPS) is 11.6. The van der Waals surface area contributed by atoms with Crippen molar-refractivity contribution in [2.24, 2.45) is 5.16 Å². The van der Waals surface area contributed by atoms with Gasteiger partial charge in [-0.15, -0.1) is 0 Å². The summed E-state index contributed by atoms with van der Waals surface area (Å²) >= 11 is 8.67. The summed E-state index contributed by atoms with van der Waals surface area (Å²) in [4.78, 5) is 3.88. The molecule has 58 valence electrons. The van der Waals surface area contributed by atoms with Crippen LogP contribution in [0.2, 0.25) is 0 Å². The highest BCUT2D eigenvalue weighted by Crippen LogP contribution is 2.10. The highest BCUT2D eigenvalue weighted by molar-refractivity contribution is 9.10. The Bertz CT molecular complexity index is 290. The summed E-state index contributed by atoms with van der Waals surface area (Å²) in [7, 11) is 0. The van der Waals surface area contributed by atoms with Gasteiger partial charge in [0.2, 0.25) is 0 Å². The van der Waals surface area contributed by atoms with Crippen LogP contribution in [0.15, 0.2) is 28.1 Å². The maximum Gasteiger partial charge on any atom is 0.175 e. The van der Waals surface area contributed by atoms with Crippen LogP contribution < -0.4 is 0 Å². The van der Waals surface area contributed by atoms with Gasteiger partial charge in [0.15, 0.2) is 5.17 Å². The summed E-state index contributed by atoms with van der Waals surface area (Å²) in [5.74, 6) is 0. The highest BCUT2D eigenvalue weighted by atomic mass is 79.9. The van der Waals surface area contributed by atoms with Crippen molar-refractivity contribution in [1.29, 1.82) is 0 Å². The topological polar surface area (TPSA) is 45.5 Å². The number of oxime groups is 1. The zero-order chi connectivity index (χ0) is 8.27. The Hall–Kier alpha value is -0.610. The molecule has 1 aromatic rings. The van der Waals surface area contributed by atoms with E-state index in [1.54, 1.807) is 18.3 Å². The molecule has 0 saturated heterocycles. The zero-order valence-electron chi connectivity index (χ0n) is 5.33. The molecule has 0 radical (unpaired) electrons. The Kier molecular flexibility index (Phi) is 2.84. The SMILES string of the molecule is O/N=C(\Cl)c1ccnc(Br)c1. The van der Waals surface area contributed by atoms with E-state index in [2.05, 4.69) is 26.1 Å². The molecule has 0 spiro atoms. The minimum Gasteiger partial charge on any atom is -0.410 e. The van der Waals surface area contributed by atoms with Crippen molar-refractivity contribution in [2.75, 3.05) is 0 Å². The molecular weight excluding hydrogens is 231 g/mol. The second kappa shape index (κ2) is 3.69. The summed E-state index contributed by atoms with van der Waals surface area (Å²) in [6.45, 7) is 0. The minimum absolute atomic E-state index is 0.0492. The van der Waals surface area contributed by atoms with Crippen LogP contribution in [0.4, 0.5) is 0 Å². The largest absolute Gasteiger partial charge is 0.410 e. The van der Waals surface area contributed by atoms with Gasteiger partial charge in [0.25, 0.3) is 0 Å². The van der Waals surface area contributed by atoms with Crippen LogP contribution in [0.1, 0.15) is 5.56 Å². The molecule has 0 amide bonds. The van der Waals surface area contributed by atoms with Gasteiger partial charge in [-0.2, -0.15) is 0 Å². The van der Waals surface area contributed by atoms with Crippen molar-refractivity contribution in [1.82, 2.24) is 4.98 Å². The standard InChI is InChI=1S/C6H4BrClN2O/c7-5-3-4(1-2-9-5)6(8)10-11/h1-3,11H/b10-6-. The average Bonchev–Trinajstić information content (AvgIpc) is 2.03. The predicted molar refractivity (Wildman–Crippen MR) is 46.1 cm³/mol. The number of aromatic nitrogens is 1. The van der Waals surface area contributed by atoms with E-state index in [9.17, 15) is 0 Å². The van der Waals surface area contributed by atoms with E-state index >= 15 is 0 Å². The van der Waals surface area contributed by atoms with Crippen LogP contribution in [-0.4, -0.2) is 15.4 Å². The average molecular weight is 235 g/mol. The third-order valence-electron chi connectivity index (χ3n) is 1.05. The Morgan fingerprint density at radius 2 is 2.45 bits per heavy atom. The fourth-order valence-electron chi connectivity index (χ4n) is 0.589. The molecule has 0 saturated carbocycles. The Morgan fingerprint density at radius 3 is 3.00 bits per heavy atom. The lowest BCUT2D eigenvalue weighted by molar-refractivity contribution is 0.321. The van der Waals surface area contributed by atoms with Gasteiger partial charge in [0.1, 0.15) is 4.60 Å². The lowest BCUT2D eigenvalue weighted by Crippen LogP contribution is -1.91. The van der Waals surface area contributed by atoms with Crippen LogP contribution in [-0.2, 0) is 0 Å². The monoisotopic (exact) mass is 234 g/mol. The number of nitrogens with zero attached hydrogens (tertiary/aromatic N) is 2. The van der Waals surface area contributed by atoms with Crippen molar-refractivity contribution < 1.29 is 5.21 Å². The van der Waals surface area contributed by atoms with E-state index in [1.807, 2.05) is 0 Å². The molecule has 1 N–H and O–H groups in total. The predicted octanol–water partition coefficient (Wildman–Crippen LogP) is 2.22. The summed E-state index contributed by atoms with van der Waals surface area (Å²) < 4.78 is 0.650. The van der Waals surface area contributed by atoms with E-state index in [0.717, 1.165) is 0 Å². The Labute approximate surface area is 76.8 Å². The third-order valence-corrected chi connectivity index (χ3v) is 1.78. The second-order valence-electron chi connectivity index (χ2n) is 1.76. The summed E-state index contributed by atoms with van der Waals surface area (Å²) in [6.07, 6.45) is 1.56. The number of halogens is 2. The smallest absolute Gasteiger partial charge is 0.175 e. The first kappa shape index (κ1) is 8.49. The molecule has 0 aliphatic rings. The fourth-order valence-corrected chi connectivity index (χ4v) is 1.07. The zero-order valence-corrected chi connectivity index (χ0v) is 7.67. The van der Waals surface area contributed by atoms with Gasteiger partial charge in [0.05, 0.1) is 0 Å². The number of pyridine rings is 1. The van der Waals surface area contributed by atoms with Gasteiger partial charge in [0, 0.05) is 11.8 Å². The molecule has 1 rings (SSSR count). The Morgan fingerprint density at radius 1 is 1.73 bits per heavy atom. The lowest BCUT2D eigenvalue weighted by atomic mass is 10.3. The second-order valence-corrected chi connectivity index (χ2v) is 2.93. The molecule has 3 nitrogen and oxygen atoms in total. The molecule has 0 fully saturated rings. The first-order chi connectivity index (χ1) is 5.24. The number of hydrogen-bond donors (Lipinski definition) is 1. The molecule has 0 atom stereocenters. The molecule has 0 aliphatic carbocycles. The lowest BCUT2D eigenvalue weighted by Gasteiger charge is -1.94. The molecule has 0 aromatic carbocycles. The van der Waals surface area contributed by atoms with Crippen molar-refractivity contribution in [3.05, 3.63) is 28.5 Å². The molecular formula is C6H4BrClN2O. The highest BCUT2D eigenvalue weighted by Gasteiger charge is 1.99. The molecule has 0 bridgehead atoms. The van der Waals surface area contributed by atoms with Gasteiger partial charge in [-0.3, -0.25) is 0 Å². The molecule has 0 unspecified atom stereocenters. The van der Waals surface area contributed by atoms with Crippen LogP contribution in [0.3, 0.4) is 0 Å². The van der Waals surface area contributed by atoms with E-state index in [4.69, 9.17) is 16.8 Å². The van der Waals surface area contributed by atoms with Crippen molar-refractivity contribution in [2.45, 2.75) is 0 Å². The Balaban J connectivity index is 3.06. The molecule has 11 heavy (non-hydrogen) atoms. The van der Waals surface area contributed by atoms with E-state index in [-0.39, 0.29) is 5.17 Å². The summed E-state index contributed by atoms with van der Waals surface area (Å²) in [5, 5.41) is 11.2. The summed E-state index contributed by atoms with van der Waals surface area (Å²) in [6, 6.07) is 3.30. The minimum atomic E-state index is 0.0492.